The Kier molecular flexibility index (Phi) is 4.00. The van der Waals surface area contributed by atoms with Crippen molar-refractivity contribution in [1.82, 2.24) is 0 Å². The number of rotatable bonds is 3. The molecule has 0 amide bonds. The Labute approximate surface area is 119 Å². The number of Topliss-reactive ketones (excluding diaryl/α,β-unsaturated/α-hetero) is 1. The van der Waals surface area contributed by atoms with Gasteiger partial charge >= 0.3 is 0 Å². The fraction of sp³-hybridized carbons (Fsp3) is 0.133. The fourth-order valence-electron chi connectivity index (χ4n) is 1.80. The molecule has 0 unspecified atom stereocenters. The van der Waals surface area contributed by atoms with E-state index in [1.165, 1.54) is 6.07 Å². The van der Waals surface area contributed by atoms with Crippen molar-refractivity contribution in [3.8, 4) is 0 Å². The highest BCUT2D eigenvalue weighted by molar-refractivity contribution is 9.10. The van der Waals surface area contributed by atoms with Crippen LogP contribution in [-0.4, -0.2) is 5.78 Å². The van der Waals surface area contributed by atoms with Crippen LogP contribution in [0.25, 0.3) is 0 Å². The van der Waals surface area contributed by atoms with Crippen molar-refractivity contribution in [2.75, 3.05) is 5.73 Å². The van der Waals surface area contributed by atoms with Crippen molar-refractivity contribution in [3.63, 3.8) is 0 Å². The number of nitrogen functional groups attached to an aromatic ring is 1. The van der Waals surface area contributed by atoms with E-state index >= 15 is 0 Å². The van der Waals surface area contributed by atoms with E-state index in [1.54, 1.807) is 30.3 Å². The summed E-state index contributed by atoms with van der Waals surface area (Å²) in [4.78, 5) is 12.1. The number of benzene rings is 2. The molecule has 0 radical (unpaired) electrons. The fourth-order valence-corrected chi connectivity index (χ4v) is 2.21. The summed E-state index contributed by atoms with van der Waals surface area (Å²) in [6, 6.07) is 9.67. The molecule has 2 aromatic carbocycles. The smallest absolute Gasteiger partial charge is 0.167 e. The van der Waals surface area contributed by atoms with Gasteiger partial charge in [-0.2, -0.15) is 0 Å². The summed E-state index contributed by atoms with van der Waals surface area (Å²) in [5.41, 5.74) is 8.13. The van der Waals surface area contributed by atoms with Crippen molar-refractivity contribution >= 4 is 27.4 Å². The van der Waals surface area contributed by atoms with Gasteiger partial charge in [-0.15, -0.1) is 0 Å². The molecule has 0 aromatic heterocycles. The van der Waals surface area contributed by atoms with Gasteiger partial charge in [0, 0.05) is 22.1 Å². The molecule has 0 aliphatic rings. The van der Waals surface area contributed by atoms with Crippen LogP contribution in [0.1, 0.15) is 21.5 Å². The maximum Gasteiger partial charge on any atom is 0.167 e. The first kappa shape index (κ1) is 13.7. The number of hydrogen-bond acceptors (Lipinski definition) is 2. The topological polar surface area (TPSA) is 43.1 Å². The Morgan fingerprint density at radius 2 is 2.00 bits per heavy atom. The van der Waals surface area contributed by atoms with Crippen LogP contribution in [0.3, 0.4) is 0 Å². The molecule has 0 heterocycles. The molecule has 2 nitrogen and oxygen atoms in total. The number of aryl methyl sites for hydroxylation is 1. The van der Waals surface area contributed by atoms with Crippen LogP contribution in [-0.2, 0) is 6.42 Å². The molecule has 0 bridgehead atoms. The van der Waals surface area contributed by atoms with Crippen LogP contribution in [0, 0.1) is 12.7 Å². The standard InChI is InChI=1S/C15H13BrFNO/c1-9-6-10(2-5-14(9)18)15(19)8-11-7-12(16)3-4-13(11)17/h2-7H,8,18H2,1H3. The van der Waals surface area contributed by atoms with E-state index in [9.17, 15) is 9.18 Å². The second kappa shape index (κ2) is 5.53. The highest BCUT2D eigenvalue weighted by Crippen LogP contribution is 2.19. The first-order chi connectivity index (χ1) is 8.97. The maximum atomic E-state index is 13.6. The highest BCUT2D eigenvalue weighted by atomic mass is 79.9. The van der Waals surface area contributed by atoms with Crippen molar-refractivity contribution in [2.45, 2.75) is 13.3 Å². The Hall–Kier alpha value is -1.68. The van der Waals surface area contributed by atoms with Gasteiger partial charge in [0.1, 0.15) is 5.82 Å². The molecular formula is C15H13BrFNO. The van der Waals surface area contributed by atoms with E-state index in [0.29, 0.717) is 16.8 Å². The van der Waals surface area contributed by atoms with Crippen molar-refractivity contribution in [3.05, 3.63) is 63.4 Å². The summed E-state index contributed by atoms with van der Waals surface area (Å²) in [6.07, 6.45) is 0.0363. The van der Waals surface area contributed by atoms with Gasteiger partial charge in [0.2, 0.25) is 0 Å². The average molecular weight is 322 g/mol. The average Bonchev–Trinajstić information content (AvgIpc) is 2.37. The molecule has 98 valence electrons. The minimum atomic E-state index is -0.372. The molecule has 0 saturated heterocycles. The maximum absolute atomic E-state index is 13.6. The Morgan fingerprint density at radius 3 is 2.68 bits per heavy atom. The number of hydrogen-bond donors (Lipinski definition) is 1. The molecule has 2 aromatic rings. The summed E-state index contributed by atoms with van der Waals surface area (Å²) in [6.45, 7) is 1.84. The highest BCUT2D eigenvalue weighted by Gasteiger charge is 2.11. The van der Waals surface area contributed by atoms with Gasteiger partial charge in [-0.1, -0.05) is 15.9 Å². The van der Waals surface area contributed by atoms with E-state index in [0.717, 1.165) is 10.0 Å². The summed E-state index contributed by atoms with van der Waals surface area (Å²) >= 11 is 3.27. The lowest BCUT2D eigenvalue weighted by Crippen LogP contribution is -2.06. The van der Waals surface area contributed by atoms with Gasteiger partial charge in [-0.05, 0) is 54.4 Å². The number of nitrogens with two attached hydrogens (primary N) is 1. The van der Waals surface area contributed by atoms with Crippen LogP contribution < -0.4 is 5.73 Å². The first-order valence-corrected chi connectivity index (χ1v) is 6.60. The molecule has 2 rings (SSSR count). The Morgan fingerprint density at radius 1 is 1.26 bits per heavy atom. The van der Waals surface area contributed by atoms with Gasteiger partial charge in [0.15, 0.2) is 5.78 Å². The molecule has 19 heavy (non-hydrogen) atoms. The normalized spacial score (nSPS) is 10.5. The SMILES string of the molecule is Cc1cc(C(=O)Cc2cc(Br)ccc2F)ccc1N. The van der Waals surface area contributed by atoms with Crippen LogP contribution in [0.4, 0.5) is 10.1 Å². The number of halogens is 2. The molecule has 2 N–H and O–H groups in total. The van der Waals surface area contributed by atoms with Crippen LogP contribution in [0.2, 0.25) is 0 Å². The third-order valence-corrected chi connectivity index (χ3v) is 3.44. The van der Waals surface area contributed by atoms with E-state index in [2.05, 4.69) is 15.9 Å². The predicted molar refractivity (Wildman–Crippen MR) is 77.7 cm³/mol. The monoisotopic (exact) mass is 321 g/mol. The summed E-state index contributed by atoms with van der Waals surface area (Å²) in [7, 11) is 0. The zero-order valence-electron chi connectivity index (χ0n) is 10.4. The summed E-state index contributed by atoms with van der Waals surface area (Å²) in [5.74, 6) is -0.496. The number of anilines is 1. The summed E-state index contributed by atoms with van der Waals surface area (Å²) < 4.78 is 14.4. The quantitative estimate of drug-likeness (QED) is 0.688. The molecule has 0 fully saturated rings. The van der Waals surface area contributed by atoms with Gasteiger partial charge in [0.25, 0.3) is 0 Å². The third kappa shape index (κ3) is 3.20. The predicted octanol–water partition coefficient (Wildman–Crippen LogP) is 3.90. The molecule has 0 aliphatic heterocycles. The molecule has 0 aliphatic carbocycles. The number of carbonyl (C=O) groups is 1. The van der Waals surface area contributed by atoms with E-state index in [-0.39, 0.29) is 18.0 Å². The number of carbonyl (C=O) groups excluding carboxylic acids is 1. The lowest BCUT2D eigenvalue weighted by Gasteiger charge is -2.06. The van der Waals surface area contributed by atoms with Gasteiger partial charge in [-0.25, -0.2) is 4.39 Å². The van der Waals surface area contributed by atoms with Crippen LogP contribution in [0.15, 0.2) is 40.9 Å². The molecule has 0 saturated carbocycles. The van der Waals surface area contributed by atoms with Crippen LogP contribution in [0.5, 0.6) is 0 Å². The van der Waals surface area contributed by atoms with Gasteiger partial charge in [0.05, 0.1) is 0 Å². The second-order valence-electron chi connectivity index (χ2n) is 4.41. The Bertz CT molecular complexity index is 640. The van der Waals surface area contributed by atoms with Crippen molar-refractivity contribution < 1.29 is 9.18 Å². The Balaban J connectivity index is 2.25. The molecule has 4 heteroatoms. The van der Waals surface area contributed by atoms with E-state index in [4.69, 9.17) is 5.73 Å². The first-order valence-electron chi connectivity index (χ1n) is 5.80. The van der Waals surface area contributed by atoms with E-state index in [1.807, 2.05) is 6.92 Å². The zero-order chi connectivity index (χ0) is 14.0. The van der Waals surface area contributed by atoms with Crippen molar-refractivity contribution in [1.29, 1.82) is 0 Å². The largest absolute Gasteiger partial charge is 0.399 e. The minimum absolute atomic E-state index is 0.0363. The van der Waals surface area contributed by atoms with Gasteiger partial charge < -0.3 is 5.73 Å². The molecular weight excluding hydrogens is 309 g/mol. The molecule has 0 atom stereocenters. The second-order valence-corrected chi connectivity index (χ2v) is 5.32. The van der Waals surface area contributed by atoms with Gasteiger partial charge in [-0.3, -0.25) is 4.79 Å². The van der Waals surface area contributed by atoms with Crippen molar-refractivity contribution in [2.24, 2.45) is 0 Å². The zero-order valence-corrected chi connectivity index (χ0v) is 12.0. The molecule has 0 spiro atoms. The van der Waals surface area contributed by atoms with Crippen LogP contribution >= 0.6 is 15.9 Å². The number of ketones is 1. The van der Waals surface area contributed by atoms with E-state index < -0.39 is 0 Å². The minimum Gasteiger partial charge on any atom is -0.399 e. The lowest BCUT2D eigenvalue weighted by atomic mass is 10.0. The summed E-state index contributed by atoms with van der Waals surface area (Å²) in [5, 5.41) is 0. The third-order valence-electron chi connectivity index (χ3n) is 2.95. The lowest BCUT2D eigenvalue weighted by molar-refractivity contribution is 0.0992.